The molecular formula is C26H22N2O6S. The minimum atomic E-state index is -0.559. The van der Waals surface area contributed by atoms with E-state index in [-0.39, 0.29) is 11.4 Å². The molecule has 2 heterocycles. The number of carbonyl (C=O) groups excluding carboxylic acids is 4. The highest BCUT2D eigenvalue weighted by molar-refractivity contribution is 8.18. The van der Waals surface area contributed by atoms with E-state index in [0.29, 0.717) is 29.4 Å². The van der Waals surface area contributed by atoms with Crippen molar-refractivity contribution in [1.82, 2.24) is 4.90 Å². The summed E-state index contributed by atoms with van der Waals surface area (Å²) < 4.78 is 10.8. The van der Waals surface area contributed by atoms with Crippen molar-refractivity contribution in [3.63, 3.8) is 0 Å². The van der Waals surface area contributed by atoms with Crippen molar-refractivity contribution in [2.45, 2.75) is 13.8 Å². The third kappa shape index (κ3) is 5.70. The first-order chi connectivity index (χ1) is 16.8. The Hall–Kier alpha value is -4.11. The molecule has 0 bridgehead atoms. The summed E-state index contributed by atoms with van der Waals surface area (Å²) in [5.41, 5.74) is 2.80. The lowest BCUT2D eigenvalue weighted by molar-refractivity contribution is -0.127. The fourth-order valence-electron chi connectivity index (χ4n) is 3.32. The molecule has 0 aliphatic carbocycles. The Kier molecular flexibility index (Phi) is 7.17. The minimum Gasteiger partial charge on any atom is -0.462 e. The molecular weight excluding hydrogens is 468 g/mol. The van der Waals surface area contributed by atoms with Crippen LogP contribution in [0.1, 0.15) is 28.6 Å². The van der Waals surface area contributed by atoms with Gasteiger partial charge in [-0.15, -0.1) is 0 Å². The van der Waals surface area contributed by atoms with Crippen molar-refractivity contribution in [3.8, 4) is 11.3 Å². The molecule has 4 rings (SSSR count). The van der Waals surface area contributed by atoms with Crippen molar-refractivity contribution < 1.29 is 28.3 Å². The summed E-state index contributed by atoms with van der Waals surface area (Å²) in [5, 5.41) is 2.15. The van der Waals surface area contributed by atoms with Gasteiger partial charge in [-0.3, -0.25) is 19.3 Å². The van der Waals surface area contributed by atoms with Crippen LogP contribution in [0, 0.1) is 6.92 Å². The maximum Gasteiger partial charge on any atom is 0.338 e. The van der Waals surface area contributed by atoms with Crippen LogP contribution < -0.4 is 5.32 Å². The van der Waals surface area contributed by atoms with E-state index in [4.69, 9.17) is 9.15 Å². The molecule has 0 unspecified atom stereocenters. The number of ether oxygens (including phenoxy) is 1. The van der Waals surface area contributed by atoms with E-state index >= 15 is 0 Å². The van der Waals surface area contributed by atoms with Crippen LogP contribution in [-0.2, 0) is 14.3 Å². The van der Waals surface area contributed by atoms with Gasteiger partial charge in [0, 0.05) is 17.3 Å². The van der Waals surface area contributed by atoms with E-state index in [0.717, 1.165) is 27.8 Å². The number of amides is 3. The SMILES string of the molecule is CCOC(=O)c1ccc(-c2ccc(C=C3SC(=O)N(CC(=O)Nc4ccc(C)cc4)C3=O)o2)cc1. The van der Waals surface area contributed by atoms with E-state index in [1.807, 2.05) is 19.1 Å². The zero-order valence-corrected chi connectivity index (χ0v) is 19.9. The number of nitrogens with zero attached hydrogens (tertiary/aromatic N) is 1. The van der Waals surface area contributed by atoms with E-state index in [1.165, 1.54) is 6.08 Å². The van der Waals surface area contributed by atoms with E-state index in [1.54, 1.807) is 55.5 Å². The van der Waals surface area contributed by atoms with Gasteiger partial charge in [-0.05, 0) is 62.0 Å². The van der Waals surface area contributed by atoms with Crippen molar-refractivity contribution in [2.75, 3.05) is 18.5 Å². The standard InChI is InChI=1S/C26H22N2O6S/c1-3-33-25(31)18-8-6-17(7-9-18)21-13-12-20(34-21)14-22-24(30)28(26(32)35-22)15-23(29)27-19-10-4-16(2)5-11-19/h4-14H,3,15H2,1-2H3,(H,27,29). The molecule has 0 radical (unpaired) electrons. The summed E-state index contributed by atoms with van der Waals surface area (Å²) in [6.45, 7) is 3.59. The van der Waals surface area contributed by atoms with Gasteiger partial charge < -0.3 is 14.5 Å². The Morgan fingerprint density at radius 3 is 2.43 bits per heavy atom. The fourth-order valence-corrected chi connectivity index (χ4v) is 4.14. The van der Waals surface area contributed by atoms with Gasteiger partial charge in [0.2, 0.25) is 5.91 Å². The first-order valence-corrected chi connectivity index (χ1v) is 11.6. The molecule has 8 nitrogen and oxygen atoms in total. The third-order valence-corrected chi connectivity index (χ3v) is 6.00. The molecule has 3 amide bonds. The second-order valence-electron chi connectivity index (χ2n) is 7.68. The van der Waals surface area contributed by atoms with Gasteiger partial charge in [-0.1, -0.05) is 29.8 Å². The normalized spacial score (nSPS) is 14.5. The molecule has 2 aromatic carbocycles. The van der Waals surface area contributed by atoms with Crippen LogP contribution in [0.5, 0.6) is 0 Å². The van der Waals surface area contributed by atoms with Crippen LogP contribution in [-0.4, -0.2) is 41.1 Å². The summed E-state index contributed by atoms with van der Waals surface area (Å²) >= 11 is 0.749. The highest BCUT2D eigenvalue weighted by Crippen LogP contribution is 2.33. The summed E-state index contributed by atoms with van der Waals surface area (Å²) in [5.74, 6) is -0.519. The average Bonchev–Trinajstić information content (AvgIpc) is 3.41. The third-order valence-electron chi connectivity index (χ3n) is 5.09. The molecule has 1 N–H and O–H groups in total. The number of furan rings is 1. The topological polar surface area (TPSA) is 106 Å². The molecule has 178 valence electrons. The second-order valence-corrected chi connectivity index (χ2v) is 8.68. The quantitative estimate of drug-likeness (QED) is 0.362. The van der Waals surface area contributed by atoms with Crippen LogP contribution in [0.3, 0.4) is 0 Å². The molecule has 9 heteroatoms. The molecule has 0 spiro atoms. The zero-order valence-electron chi connectivity index (χ0n) is 19.1. The van der Waals surface area contributed by atoms with Gasteiger partial charge in [0.1, 0.15) is 18.1 Å². The summed E-state index contributed by atoms with van der Waals surface area (Å²) in [6, 6.07) is 17.3. The van der Waals surface area contributed by atoms with Crippen LogP contribution in [0.2, 0.25) is 0 Å². The number of hydrogen-bond acceptors (Lipinski definition) is 7. The molecule has 1 saturated heterocycles. The van der Waals surface area contributed by atoms with Crippen molar-refractivity contribution >= 4 is 46.5 Å². The number of aryl methyl sites for hydroxylation is 1. The van der Waals surface area contributed by atoms with Gasteiger partial charge in [0.25, 0.3) is 11.1 Å². The molecule has 1 fully saturated rings. The van der Waals surface area contributed by atoms with E-state index < -0.39 is 23.0 Å². The summed E-state index contributed by atoms with van der Waals surface area (Å²) in [7, 11) is 0. The Morgan fingerprint density at radius 1 is 1.03 bits per heavy atom. The fraction of sp³-hybridized carbons (Fsp3) is 0.154. The molecule has 35 heavy (non-hydrogen) atoms. The largest absolute Gasteiger partial charge is 0.462 e. The highest BCUT2D eigenvalue weighted by atomic mass is 32.2. The van der Waals surface area contributed by atoms with Gasteiger partial charge >= 0.3 is 5.97 Å². The summed E-state index contributed by atoms with van der Waals surface area (Å²) in [6.07, 6.45) is 1.47. The molecule has 0 atom stereocenters. The number of thioether (sulfide) groups is 1. The number of carbonyl (C=O) groups is 4. The zero-order chi connectivity index (χ0) is 24.9. The Bertz CT molecular complexity index is 1310. The average molecular weight is 491 g/mol. The molecule has 3 aromatic rings. The first-order valence-electron chi connectivity index (χ1n) is 10.8. The van der Waals surface area contributed by atoms with Crippen LogP contribution in [0.4, 0.5) is 10.5 Å². The lowest BCUT2D eigenvalue weighted by Gasteiger charge is -2.12. The summed E-state index contributed by atoms with van der Waals surface area (Å²) in [4.78, 5) is 50.3. The van der Waals surface area contributed by atoms with E-state index in [2.05, 4.69) is 5.32 Å². The Morgan fingerprint density at radius 2 is 1.74 bits per heavy atom. The van der Waals surface area contributed by atoms with Crippen LogP contribution in [0.15, 0.2) is 70.0 Å². The van der Waals surface area contributed by atoms with Crippen molar-refractivity contribution in [2.24, 2.45) is 0 Å². The highest BCUT2D eigenvalue weighted by Gasteiger charge is 2.36. The lowest BCUT2D eigenvalue weighted by atomic mass is 10.1. The van der Waals surface area contributed by atoms with Crippen LogP contribution in [0.25, 0.3) is 17.4 Å². The predicted octanol–water partition coefficient (Wildman–Crippen LogP) is 5.11. The maximum absolute atomic E-state index is 12.7. The smallest absolute Gasteiger partial charge is 0.338 e. The monoisotopic (exact) mass is 490 g/mol. The van der Waals surface area contributed by atoms with Crippen molar-refractivity contribution in [1.29, 1.82) is 0 Å². The number of benzene rings is 2. The number of rotatable bonds is 7. The second kappa shape index (κ2) is 10.4. The van der Waals surface area contributed by atoms with Gasteiger partial charge in [-0.2, -0.15) is 0 Å². The van der Waals surface area contributed by atoms with Gasteiger partial charge in [0.05, 0.1) is 17.1 Å². The number of nitrogens with one attached hydrogen (secondary N) is 1. The van der Waals surface area contributed by atoms with Crippen LogP contribution >= 0.6 is 11.8 Å². The Balaban J connectivity index is 1.42. The Labute approximate surface area is 205 Å². The number of hydrogen-bond donors (Lipinski definition) is 1. The first kappa shape index (κ1) is 24.0. The molecule has 1 aliphatic heterocycles. The molecule has 1 aromatic heterocycles. The number of esters is 1. The minimum absolute atomic E-state index is 0.164. The number of imide groups is 1. The number of anilines is 1. The van der Waals surface area contributed by atoms with Gasteiger partial charge in [-0.25, -0.2) is 4.79 Å². The molecule has 1 aliphatic rings. The van der Waals surface area contributed by atoms with Crippen molar-refractivity contribution in [3.05, 3.63) is 82.5 Å². The maximum atomic E-state index is 12.7. The van der Waals surface area contributed by atoms with E-state index in [9.17, 15) is 19.2 Å². The predicted molar refractivity (Wildman–Crippen MR) is 133 cm³/mol. The molecule has 0 saturated carbocycles. The lowest BCUT2D eigenvalue weighted by Crippen LogP contribution is -2.36. The van der Waals surface area contributed by atoms with Gasteiger partial charge in [0.15, 0.2) is 0 Å².